The molecular weight excluding hydrogens is 178 g/mol. The van der Waals surface area contributed by atoms with Gasteiger partial charge in [-0.2, -0.15) is 5.26 Å². The van der Waals surface area contributed by atoms with Gasteiger partial charge < -0.3 is 9.84 Å². The highest BCUT2D eigenvalue weighted by Crippen LogP contribution is 2.22. The van der Waals surface area contributed by atoms with E-state index in [0.717, 1.165) is 5.56 Å². The largest absolute Gasteiger partial charge is 0.497 e. The van der Waals surface area contributed by atoms with Crippen LogP contribution >= 0.6 is 0 Å². The molecule has 0 bridgehead atoms. The van der Waals surface area contributed by atoms with Crippen molar-refractivity contribution in [1.29, 1.82) is 5.26 Å². The van der Waals surface area contributed by atoms with E-state index in [-0.39, 0.29) is 12.5 Å². The standard InChI is InChI=1S/C11H13NO2/c1-8(7-13)10-3-9(6-12)4-11(5-10)14-2/h3-5,8,13H,7H2,1-2H3. The molecule has 1 N–H and O–H groups in total. The van der Waals surface area contributed by atoms with Crippen molar-refractivity contribution in [3.8, 4) is 11.8 Å². The first-order valence-electron chi connectivity index (χ1n) is 4.41. The average molecular weight is 191 g/mol. The van der Waals surface area contributed by atoms with Crippen LogP contribution < -0.4 is 4.74 Å². The summed E-state index contributed by atoms with van der Waals surface area (Å²) >= 11 is 0. The molecule has 1 unspecified atom stereocenters. The summed E-state index contributed by atoms with van der Waals surface area (Å²) in [6, 6.07) is 7.34. The molecule has 1 aromatic rings. The van der Waals surface area contributed by atoms with Crippen LogP contribution in [0.1, 0.15) is 24.0 Å². The second kappa shape index (κ2) is 4.64. The van der Waals surface area contributed by atoms with Crippen LogP contribution in [0, 0.1) is 11.3 Å². The van der Waals surface area contributed by atoms with Crippen molar-refractivity contribution in [3.63, 3.8) is 0 Å². The SMILES string of the molecule is COc1cc(C#N)cc(C(C)CO)c1. The second-order valence-electron chi connectivity index (χ2n) is 3.19. The van der Waals surface area contributed by atoms with Gasteiger partial charge in [-0.15, -0.1) is 0 Å². The summed E-state index contributed by atoms with van der Waals surface area (Å²) in [6.07, 6.45) is 0. The van der Waals surface area contributed by atoms with E-state index in [1.165, 1.54) is 0 Å². The molecule has 0 aliphatic carbocycles. The number of methoxy groups -OCH3 is 1. The van der Waals surface area contributed by atoms with Crippen molar-refractivity contribution in [1.82, 2.24) is 0 Å². The third-order valence-electron chi connectivity index (χ3n) is 2.14. The molecule has 0 amide bonds. The van der Waals surface area contributed by atoms with Gasteiger partial charge in [-0.05, 0) is 23.8 Å². The highest BCUT2D eigenvalue weighted by Gasteiger charge is 2.07. The summed E-state index contributed by atoms with van der Waals surface area (Å²) in [5.41, 5.74) is 1.48. The molecule has 0 radical (unpaired) electrons. The van der Waals surface area contributed by atoms with Crippen LogP contribution in [0.2, 0.25) is 0 Å². The summed E-state index contributed by atoms with van der Waals surface area (Å²) < 4.78 is 5.06. The van der Waals surface area contributed by atoms with Crippen LogP contribution in [0.4, 0.5) is 0 Å². The Morgan fingerprint density at radius 2 is 2.21 bits per heavy atom. The Bertz CT molecular complexity index is 355. The third kappa shape index (κ3) is 2.24. The molecule has 0 heterocycles. The highest BCUT2D eigenvalue weighted by atomic mass is 16.5. The zero-order chi connectivity index (χ0) is 10.6. The molecule has 1 rings (SSSR count). The van der Waals surface area contributed by atoms with Crippen LogP contribution in [0.25, 0.3) is 0 Å². The first-order chi connectivity index (χ1) is 6.71. The molecule has 74 valence electrons. The zero-order valence-corrected chi connectivity index (χ0v) is 8.32. The monoisotopic (exact) mass is 191 g/mol. The van der Waals surface area contributed by atoms with Crippen molar-refractivity contribution in [2.24, 2.45) is 0 Å². The predicted molar refractivity (Wildman–Crippen MR) is 53.2 cm³/mol. The van der Waals surface area contributed by atoms with E-state index in [1.54, 1.807) is 19.2 Å². The fourth-order valence-corrected chi connectivity index (χ4v) is 1.19. The van der Waals surface area contributed by atoms with Gasteiger partial charge in [-0.1, -0.05) is 6.92 Å². The van der Waals surface area contributed by atoms with Gasteiger partial charge >= 0.3 is 0 Å². The number of hydrogen-bond acceptors (Lipinski definition) is 3. The summed E-state index contributed by atoms with van der Waals surface area (Å²) in [5.74, 6) is 0.677. The summed E-state index contributed by atoms with van der Waals surface area (Å²) in [7, 11) is 1.56. The molecule has 0 saturated heterocycles. The van der Waals surface area contributed by atoms with E-state index in [1.807, 2.05) is 13.0 Å². The number of aliphatic hydroxyl groups excluding tert-OH is 1. The lowest BCUT2D eigenvalue weighted by Gasteiger charge is -2.10. The van der Waals surface area contributed by atoms with E-state index >= 15 is 0 Å². The maximum absolute atomic E-state index is 8.99. The molecule has 3 nitrogen and oxygen atoms in total. The molecule has 3 heteroatoms. The smallest absolute Gasteiger partial charge is 0.120 e. The number of benzene rings is 1. The fraction of sp³-hybridized carbons (Fsp3) is 0.364. The quantitative estimate of drug-likeness (QED) is 0.790. The Labute approximate surface area is 83.6 Å². The first kappa shape index (κ1) is 10.6. The molecule has 0 fully saturated rings. The molecule has 1 atom stereocenters. The van der Waals surface area contributed by atoms with Gasteiger partial charge in [0.1, 0.15) is 5.75 Å². The summed E-state index contributed by atoms with van der Waals surface area (Å²) in [5, 5.41) is 17.8. The number of nitrogens with zero attached hydrogens (tertiary/aromatic N) is 1. The summed E-state index contributed by atoms with van der Waals surface area (Å²) in [6.45, 7) is 1.97. The number of nitriles is 1. The van der Waals surface area contributed by atoms with Crippen molar-refractivity contribution >= 4 is 0 Å². The van der Waals surface area contributed by atoms with Crippen LogP contribution in [-0.4, -0.2) is 18.8 Å². The molecule has 14 heavy (non-hydrogen) atoms. The Morgan fingerprint density at radius 1 is 1.50 bits per heavy atom. The van der Waals surface area contributed by atoms with E-state index in [0.29, 0.717) is 11.3 Å². The molecule has 0 spiro atoms. The Hall–Kier alpha value is -1.53. The highest BCUT2D eigenvalue weighted by molar-refractivity contribution is 5.41. The Balaban J connectivity index is 3.12. The van der Waals surface area contributed by atoms with Gasteiger partial charge in [0.15, 0.2) is 0 Å². The van der Waals surface area contributed by atoms with Crippen molar-refractivity contribution < 1.29 is 9.84 Å². The lowest BCUT2D eigenvalue weighted by Crippen LogP contribution is -2.00. The molecule has 0 saturated carbocycles. The van der Waals surface area contributed by atoms with Gasteiger partial charge in [-0.3, -0.25) is 0 Å². The summed E-state index contributed by atoms with van der Waals surface area (Å²) in [4.78, 5) is 0. The Kier molecular flexibility index (Phi) is 3.49. The zero-order valence-electron chi connectivity index (χ0n) is 8.32. The van der Waals surface area contributed by atoms with Crippen LogP contribution in [0.15, 0.2) is 18.2 Å². The average Bonchev–Trinajstić information content (AvgIpc) is 2.27. The van der Waals surface area contributed by atoms with Gasteiger partial charge in [0.2, 0.25) is 0 Å². The van der Waals surface area contributed by atoms with E-state index in [4.69, 9.17) is 15.1 Å². The number of ether oxygens (including phenoxy) is 1. The van der Waals surface area contributed by atoms with E-state index in [9.17, 15) is 0 Å². The minimum Gasteiger partial charge on any atom is -0.497 e. The van der Waals surface area contributed by atoms with Crippen molar-refractivity contribution in [3.05, 3.63) is 29.3 Å². The molecule has 0 aliphatic heterocycles. The minimum atomic E-state index is 0.0252. The number of hydrogen-bond donors (Lipinski definition) is 1. The lowest BCUT2D eigenvalue weighted by atomic mass is 10.00. The van der Waals surface area contributed by atoms with E-state index < -0.39 is 0 Å². The lowest BCUT2D eigenvalue weighted by molar-refractivity contribution is 0.273. The van der Waals surface area contributed by atoms with Gasteiger partial charge in [0.25, 0.3) is 0 Å². The van der Waals surface area contributed by atoms with Crippen molar-refractivity contribution in [2.45, 2.75) is 12.8 Å². The number of rotatable bonds is 3. The molecule has 0 aromatic heterocycles. The number of aliphatic hydroxyl groups is 1. The topological polar surface area (TPSA) is 53.2 Å². The van der Waals surface area contributed by atoms with E-state index in [2.05, 4.69) is 6.07 Å². The second-order valence-corrected chi connectivity index (χ2v) is 3.19. The third-order valence-corrected chi connectivity index (χ3v) is 2.14. The fourth-order valence-electron chi connectivity index (χ4n) is 1.19. The normalized spacial score (nSPS) is 11.9. The van der Waals surface area contributed by atoms with Crippen molar-refractivity contribution in [2.75, 3.05) is 13.7 Å². The maximum atomic E-state index is 8.99. The molecule has 0 aliphatic rings. The van der Waals surface area contributed by atoms with Crippen LogP contribution in [0.5, 0.6) is 5.75 Å². The molecule has 1 aromatic carbocycles. The van der Waals surface area contributed by atoms with Crippen LogP contribution in [-0.2, 0) is 0 Å². The van der Waals surface area contributed by atoms with Crippen LogP contribution in [0.3, 0.4) is 0 Å². The van der Waals surface area contributed by atoms with Gasteiger partial charge in [-0.25, -0.2) is 0 Å². The first-order valence-corrected chi connectivity index (χ1v) is 4.41. The van der Waals surface area contributed by atoms with Gasteiger partial charge in [0.05, 0.1) is 18.7 Å². The maximum Gasteiger partial charge on any atom is 0.120 e. The minimum absolute atomic E-state index is 0.0252. The predicted octanol–water partition coefficient (Wildman–Crippen LogP) is 1.66. The molecular formula is C11H13NO2. The van der Waals surface area contributed by atoms with Gasteiger partial charge in [0, 0.05) is 12.5 Å². The Morgan fingerprint density at radius 3 is 2.71 bits per heavy atom.